The Morgan fingerprint density at radius 3 is 2.93 bits per heavy atom. The molecule has 2 N–H and O–H groups in total. The number of carbonyl (C=O) groups is 2. The summed E-state index contributed by atoms with van der Waals surface area (Å²) in [6.45, 7) is 3.22. The summed E-state index contributed by atoms with van der Waals surface area (Å²) in [7, 11) is 0. The Labute approximate surface area is 178 Å². The molecule has 3 aliphatic rings. The molecule has 156 valence electrons. The first kappa shape index (κ1) is 19.2. The van der Waals surface area contributed by atoms with E-state index in [1.54, 1.807) is 6.07 Å². The van der Waals surface area contributed by atoms with Crippen molar-refractivity contribution in [3.05, 3.63) is 58.4 Å². The van der Waals surface area contributed by atoms with Crippen molar-refractivity contribution in [3.63, 3.8) is 0 Å². The average molecular weight is 430 g/mol. The normalized spacial score (nSPS) is 27.0. The monoisotopic (exact) mass is 429 g/mol. The predicted molar refractivity (Wildman–Crippen MR) is 111 cm³/mol. The van der Waals surface area contributed by atoms with Crippen LogP contribution in [0.15, 0.2) is 36.4 Å². The standard InChI is InChI=1S/C22H21ClFN3O3/c1-12-22(11-26-20(28)16-9-14(24)3-5-19(16)30-22)6-7-27(12)21(29)17-10-25-18-4-2-13(23)8-15(17)18/h2-5,8-9,12,17,25H,6-7,10-11H2,1H3,(H,26,28)/t12?,17?,22-/m0/s1. The quantitative estimate of drug-likeness (QED) is 0.730. The molecule has 2 amide bonds. The Morgan fingerprint density at radius 2 is 2.10 bits per heavy atom. The lowest BCUT2D eigenvalue weighted by Gasteiger charge is -2.36. The Kier molecular flexibility index (Phi) is 4.39. The van der Waals surface area contributed by atoms with E-state index in [0.29, 0.717) is 30.3 Å². The summed E-state index contributed by atoms with van der Waals surface area (Å²) in [4.78, 5) is 27.7. The minimum atomic E-state index is -0.766. The molecule has 0 aliphatic carbocycles. The van der Waals surface area contributed by atoms with Crippen LogP contribution in [0.25, 0.3) is 0 Å². The lowest BCUT2D eigenvalue weighted by atomic mass is 9.94. The summed E-state index contributed by atoms with van der Waals surface area (Å²) in [5.41, 5.74) is 1.23. The topological polar surface area (TPSA) is 70.7 Å². The zero-order valence-electron chi connectivity index (χ0n) is 16.4. The number of amides is 2. The van der Waals surface area contributed by atoms with Crippen molar-refractivity contribution in [2.45, 2.75) is 30.9 Å². The largest absolute Gasteiger partial charge is 0.482 e. The van der Waals surface area contributed by atoms with E-state index in [2.05, 4.69) is 10.6 Å². The summed E-state index contributed by atoms with van der Waals surface area (Å²) < 4.78 is 19.9. The van der Waals surface area contributed by atoms with Crippen LogP contribution in [-0.2, 0) is 4.79 Å². The number of anilines is 1. The number of benzene rings is 2. The van der Waals surface area contributed by atoms with Gasteiger partial charge in [0.05, 0.1) is 24.1 Å². The molecule has 0 saturated carbocycles. The van der Waals surface area contributed by atoms with Crippen LogP contribution in [0.1, 0.15) is 35.2 Å². The lowest BCUT2D eigenvalue weighted by molar-refractivity contribution is -0.134. The van der Waals surface area contributed by atoms with Crippen molar-refractivity contribution in [2.24, 2.45) is 0 Å². The highest BCUT2D eigenvalue weighted by atomic mass is 35.5. The predicted octanol–water partition coefficient (Wildman–Crippen LogP) is 3.17. The van der Waals surface area contributed by atoms with Gasteiger partial charge in [0.15, 0.2) is 0 Å². The number of likely N-dealkylation sites (tertiary alicyclic amines) is 1. The molecule has 1 saturated heterocycles. The van der Waals surface area contributed by atoms with Crippen molar-refractivity contribution in [2.75, 3.05) is 25.0 Å². The fraction of sp³-hybridized carbons (Fsp3) is 0.364. The van der Waals surface area contributed by atoms with Crippen molar-refractivity contribution in [3.8, 4) is 5.75 Å². The zero-order chi connectivity index (χ0) is 21.0. The van der Waals surface area contributed by atoms with Gasteiger partial charge in [-0.05, 0) is 48.9 Å². The number of fused-ring (bicyclic) bond motifs is 2. The lowest BCUT2D eigenvalue weighted by Crippen LogP contribution is -2.54. The van der Waals surface area contributed by atoms with E-state index >= 15 is 0 Å². The van der Waals surface area contributed by atoms with Crippen LogP contribution < -0.4 is 15.4 Å². The van der Waals surface area contributed by atoms with Crippen molar-refractivity contribution >= 4 is 29.1 Å². The summed E-state index contributed by atoms with van der Waals surface area (Å²) in [5.74, 6) is -0.843. The molecule has 8 heteroatoms. The molecular formula is C22H21ClFN3O3. The molecular weight excluding hydrogens is 409 g/mol. The number of hydrogen-bond donors (Lipinski definition) is 2. The fourth-order valence-electron chi connectivity index (χ4n) is 4.74. The minimum absolute atomic E-state index is 0.00592. The SMILES string of the molecule is CC1N(C(=O)C2CNc3ccc(Cl)cc32)CC[C@]12CNC(=O)c1cc(F)ccc1O2. The first-order valence-corrected chi connectivity index (χ1v) is 10.4. The van der Waals surface area contributed by atoms with Crippen molar-refractivity contribution < 1.29 is 18.7 Å². The third-order valence-electron chi connectivity index (χ3n) is 6.52. The van der Waals surface area contributed by atoms with Gasteiger partial charge in [0, 0.05) is 30.2 Å². The maximum atomic E-state index is 13.6. The first-order chi connectivity index (χ1) is 14.4. The zero-order valence-corrected chi connectivity index (χ0v) is 17.1. The highest BCUT2D eigenvalue weighted by Crippen LogP contribution is 2.40. The van der Waals surface area contributed by atoms with Gasteiger partial charge in [-0.2, -0.15) is 0 Å². The molecule has 3 aliphatic heterocycles. The van der Waals surface area contributed by atoms with E-state index in [-0.39, 0.29) is 35.9 Å². The molecule has 2 aromatic rings. The maximum absolute atomic E-state index is 13.6. The molecule has 1 spiro atoms. The average Bonchev–Trinajstić information content (AvgIpc) is 3.24. The van der Waals surface area contributed by atoms with E-state index in [0.717, 1.165) is 11.3 Å². The number of hydrogen-bond acceptors (Lipinski definition) is 4. The van der Waals surface area contributed by atoms with Crippen LogP contribution in [0.4, 0.5) is 10.1 Å². The Hall–Kier alpha value is -2.80. The molecule has 0 aromatic heterocycles. The highest BCUT2D eigenvalue weighted by molar-refractivity contribution is 6.30. The van der Waals surface area contributed by atoms with Gasteiger partial charge in [0.1, 0.15) is 17.2 Å². The van der Waals surface area contributed by atoms with Gasteiger partial charge in [-0.1, -0.05) is 11.6 Å². The van der Waals surface area contributed by atoms with Crippen LogP contribution in [0.2, 0.25) is 5.02 Å². The molecule has 0 radical (unpaired) electrons. The molecule has 6 nitrogen and oxygen atoms in total. The molecule has 2 unspecified atom stereocenters. The van der Waals surface area contributed by atoms with Crippen LogP contribution in [0, 0.1) is 5.82 Å². The molecule has 30 heavy (non-hydrogen) atoms. The Morgan fingerprint density at radius 1 is 1.27 bits per heavy atom. The van der Waals surface area contributed by atoms with E-state index in [1.165, 1.54) is 18.2 Å². The molecule has 5 rings (SSSR count). The number of rotatable bonds is 1. The van der Waals surface area contributed by atoms with Crippen LogP contribution >= 0.6 is 11.6 Å². The molecule has 3 atom stereocenters. The number of nitrogens with one attached hydrogen (secondary N) is 2. The van der Waals surface area contributed by atoms with Crippen LogP contribution in [0.3, 0.4) is 0 Å². The number of halogens is 2. The molecule has 0 bridgehead atoms. The van der Waals surface area contributed by atoms with Crippen molar-refractivity contribution in [1.29, 1.82) is 0 Å². The van der Waals surface area contributed by atoms with E-state index in [4.69, 9.17) is 16.3 Å². The number of carbonyl (C=O) groups excluding carboxylic acids is 2. The van der Waals surface area contributed by atoms with Crippen LogP contribution in [-0.4, -0.2) is 48.0 Å². The van der Waals surface area contributed by atoms with Gasteiger partial charge >= 0.3 is 0 Å². The number of ether oxygens (including phenoxy) is 1. The van der Waals surface area contributed by atoms with E-state index in [1.807, 2.05) is 24.0 Å². The first-order valence-electron chi connectivity index (χ1n) is 9.98. The summed E-state index contributed by atoms with van der Waals surface area (Å²) in [6.07, 6.45) is 0.569. The maximum Gasteiger partial charge on any atom is 0.255 e. The minimum Gasteiger partial charge on any atom is -0.482 e. The van der Waals surface area contributed by atoms with Gasteiger partial charge < -0.3 is 20.3 Å². The molecule has 1 fully saturated rings. The van der Waals surface area contributed by atoms with Crippen LogP contribution in [0.5, 0.6) is 5.75 Å². The van der Waals surface area contributed by atoms with E-state index < -0.39 is 11.4 Å². The Balaban J connectivity index is 1.42. The second-order valence-electron chi connectivity index (χ2n) is 8.11. The highest BCUT2D eigenvalue weighted by Gasteiger charge is 2.51. The Bertz CT molecular complexity index is 1060. The van der Waals surface area contributed by atoms with Gasteiger partial charge in [-0.15, -0.1) is 0 Å². The second kappa shape index (κ2) is 6.87. The summed E-state index contributed by atoms with van der Waals surface area (Å²) >= 11 is 6.15. The van der Waals surface area contributed by atoms with Gasteiger partial charge in [0.2, 0.25) is 5.91 Å². The van der Waals surface area contributed by atoms with Gasteiger partial charge in [0.25, 0.3) is 5.91 Å². The van der Waals surface area contributed by atoms with Gasteiger partial charge in [-0.25, -0.2) is 4.39 Å². The second-order valence-corrected chi connectivity index (χ2v) is 8.55. The molecule has 2 aromatic carbocycles. The summed E-state index contributed by atoms with van der Waals surface area (Å²) in [5, 5.41) is 6.71. The van der Waals surface area contributed by atoms with Gasteiger partial charge in [-0.3, -0.25) is 9.59 Å². The number of nitrogens with zero attached hydrogens (tertiary/aromatic N) is 1. The van der Waals surface area contributed by atoms with Crippen molar-refractivity contribution in [1.82, 2.24) is 10.2 Å². The third kappa shape index (κ3) is 2.91. The summed E-state index contributed by atoms with van der Waals surface area (Å²) in [6, 6.07) is 9.19. The third-order valence-corrected chi connectivity index (χ3v) is 6.75. The molecule has 3 heterocycles. The smallest absolute Gasteiger partial charge is 0.255 e. The fourth-order valence-corrected chi connectivity index (χ4v) is 4.92. The van der Waals surface area contributed by atoms with E-state index in [9.17, 15) is 14.0 Å².